The molecule has 31 heavy (non-hydrogen) atoms. The molecule has 168 valence electrons. The Kier molecular flexibility index (Phi) is 7.01. The molecule has 8 heteroatoms. The summed E-state index contributed by atoms with van der Waals surface area (Å²) in [5.74, 6) is 0.379. The molecule has 1 saturated heterocycles. The Balaban J connectivity index is 1.63. The first kappa shape index (κ1) is 23.2. The van der Waals surface area contributed by atoms with Gasteiger partial charge in [0.2, 0.25) is 10.0 Å². The maximum absolute atomic E-state index is 12.9. The van der Waals surface area contributed by atoms with Gasteiger partial charge in [-0.3, -0.25) is 9.59 Å². The Hall–Kier alpha value is -2.45. The maximum Gasteiger partial charge on any atom is 0.270 e. The molecule has 1 fully saturated rings. The lowest BCUT2D eigenvalue weighted by Crippen LogP contribution is -2.40. The van der Waals surface area contributed by atoms with Crippen molar-refractivity contribution in [2.24, 2.45) is 18.9 Å². The topological polar surface area (TPSA) is 88.5 Å². The van der Waals surface area contributed by atoms with Gasteiger partial charge in [0.25, 0.3) is 5.91 Å². The summed E-state index contributed by atoms with van der Waals surface area (Å²) in [5.41, 5.74) is 2.27. The maximum atomic E-state index is 12.9. The summed E-state index contributed by atoms with van der Waals surface area (Å²) in [6, 6.07) is 9.26. The zero-order valence-corrected chi connectivity index (χ0v) is 19.4. The quantitative estimate of drug-likeness (QED) is 0.664. The van der Waals surface area contributed by atoms with Gasteiger partial charge in [-0.1, -0.05) is 38.1 Å². The smallest absolute Gasteiger partial charge is 0.270 e. The number of aryl methyl sites for hydroxylation is 1. The molecule has 1 N–H and O–H groups in total. The predicted molar refractivity (Wildman–Crippen MR) is 120 cm³/mol. The van der Waals surface area contributed by atoms with Crippen molar-refractivity contribution in [3.05, 3.63) is 53.3 Å². The molecule has 0 spiro atoms. The van der Waals surface area contributed by atoms with Crippen LogP contribution >= 0.6 is 0 Å². The van der Waals surface area contributed by atoms with Gasteiger partial charge >= 0.3 is 0 Å². The average Bonchev–Trinajstić information content (AvgIpc) is 3.15. The van der Waals surface area contributed by atoms with E-state index in [9.17, 15) is 18.0 Å². The van der Waals surface area contributed by atoms with E-state index in [1.807, 2.05) is 24.3 Å². The molecule has 2 aromatic rings. The highest BCUT2D eigenvalue weighted by Gasteiger charge is 2.30. The zero-order valence-electron chi connectivity index (χ0n) is 18.6. The van der Waals surface area contributed by atoms with Crippen molar-refractivity contribution in [3.8, 4) is 0 Å². The number of piperidine rings is 1. The summed E-state index contributed by atoms with van der Waals surface area (Å²) >= 11 is 0. The number of nitrogens with one attached hydrogen (secondary N) is 1. The van der Waals surface area contributed by atoms with Crippen LogP contribution in [0, 0.1) is 11.8 Å². The number of Topliss-reactive ketones (excluding diaryl/α,β-unsaturated/α-hetero) is 1. The van der Waals surface area contributed by atoms with Crippen LogP contribution in [-0.2, 0) is 23.5 Å². The van der Waals surface area contributed by atoms with Crippen molar-refractivity contribution in [1.29, 1.82) is 0 Å². The second-order valence-electron chi connectivity index (χ2n) is 8.61. The number of nitrogens with zero attached hydrogens (tertiary/aromatic N) is 2. The molecule has 1 aromatic carbocycles. The van der Waals surface area contributed by atoms with E-state index in [1.54, 1.807) is 11.9 Å². The molecule has 0 saturated carbocycles. The van der Waals surface area contributed by atoms with Crippen LogP contribution in [0.15, 0.2) is 41.4 Å². The number of ketones is 1. The lowest BCUT2D eigenvalue weighted by Gasteiger charge is -2.31. The number of likely N-dealkylation sites (tertiary alicyclic amines) is 1. The molecule has 1 aliphatic rings. The minimum Gasteiger partial charge on any atom is -0.345 e. The van der Waals surface area contributed by atoms with Crippen LogP contribution in [0.3, 0.4) is 0 Å². The normalized spacial score (nSPS) is 15.5. The molecule has 0 atom stereocenters. The molecule has 2 heterocycles. The van der Waals surface area contributed by atoms with Gasteiger partial charge in [0.15, 0.2) is 5.78 Å². The Morgan fingerprint density at radius 3 is 2.29 bits per heavy atom. The van der Waals surface area contributed by atoms with Gasteiger partial charge in [-0.25, -0.2) is 13.1 Å². The number of hydrogen-bond acceptors (Lipinski definition) is 4. The summed E-state index contributed by atoms with van der Waals surface area (Å²) in [6.07, 6.45) is 3.62. The van der Waals surface area contributed by atoms with Crippen molar-refractivity contribution in [1.82, 2.24) is 14.2 Å². The predicted octanol–water partition coefficient (Wildman–Crippen LogP) is 2.87. The van der Waals surface area contributed by atoms with E-state index >= 15 is 0 Å². The summed E-state index contributed by atoms with van der Waals surface area (Å²) < 4.78 is 27.8. The third-order valence-corrected chi connectivity index (χ3v) is 7.19. The number of carbonyl (C=O) groups excluding carboxylic acids is 2. The standard InChI is InChI=1S/C23H31N3O4S/c1-16(2)13-17-5-7-18(8-6-17)22(27)19-9-11-26(12-10-19)23(28)21-14-20(15-25(21)4)31(29,30)24-3/h5-8,14-16,19,24H,9-13H2,1-4H3. The van der Waals surface area contributed by atoms with Gasteiger partial charge in [-0.15, -0.1) is 0 Å². The molecule has 1 aromatic heterocycles. The Bertz CT molecular complexity index is 1050. The zero-order chi connectivity index (χ0) is 22.8. The monoisotopic (exact) mass is 445 g/mol. The molecule has 1 aliphatic heterocycles. The summed E-state index contributed by atoms with van der Waals surface area (Å²) in [4.78, 5) is 27.6. The fraction of sp³-hybridized carbons (Fsp3) is 0.478. The van der Waals surface area contributed by atoms with Crippen molar-refractivity contribution < 1.29 is 18.0 Å². The fourth-order valence-corrected chi connectivity index (χ4v) is 4.83. The van der Waals surface area contributed by atoms with Crippen LogP contribution in [0.1, 0.15) is 53.1 Å². The lowest BCUT2D eigenvalue weighted by atomic mass is 9.88. The lowest BCUT2D eigenvalue weighted by molar-refractivity contribution is 0.0642. The van der Waals surface area contributed by atoms with Crippen LogP contribution < -0.4 is 4.72 Å². The molecule has 0 aliphatic carbocycles. The van der Waals surface area contributed by atoms with Crippen LogP contribution in [0.2, 0.25) is 0 Å². The Morgan fingerprint density at radius 1 is 1.13 bits per heavy atom. The first-order chi connectivity index (χ1) is 14.6. The van der Waals surface area contributed by atoms with Crippen molar-refractivity contribution in [2.45, 2.75) is 38.0 Å². The highest BCUT2D eigenvalue weighted by Crippen LogP contribution is 2.24. The Labute approximate surface area is 184 Å². The summed E-state index contributed by atoms with van der Waals surface area (Å²) in [5, 5.41) is 0. The van der Waals surface area contributed by atoms with Gasteiger partial charge in [-0.2, -0.15) is 0 Å². The van der Waals surface area contributed by atoms with Crippen LogP contribution in [0.5, 0.6) is 0 Å². The van der Waals surface area contributed by atoms with E-state index in [0.717, 1.165) is 12.0 Å². The molecule has 0 radical (unpaired) electrons. The van der Waals surface area contributed by atoms with Crippen LogP contribution in [0.25, 0.3) is 0 Å². The van der Waals surface area contributed by atoms with E-state index in [-0.39, 0.29) is 22.5 Å². The second-order valence-corrected chi connectivity index (χ2v) is 10.5. The highest BCUT2D eigenvalue weighted by atomic mass is 32.2. The van der Waals surface area contributed by atoms with E-state index in [1.165, 1.54) is 29.4 Å². The molecular weight excluding hydrogens is 414 g/mol. The van der Waals surface area contributed by atoms with Crippen molar-refractivity contribution >= 4 is 21.7 Å². The van der Waals surface area contributed by atoms with E-state index in [4.69, 9.17) is 0 Å². The highest BCUT2D eigenvalue weighted by molar-refractivity contribution is 7.89. The minimum absolute atomic E-state index is 0.0619. The van der Waals surface area contributed by atoms with Gasteiger partial charge in [0.05, 0.1) is 0 Å². The molecule has 1 amide bonds. The minimum atomic E-state index is -3.61. The fourth-order valence-electron chi connectivity index (χ4n) is 4.03. The molecular formula is C23H31N3O4S. The third-order valence-electron chi connectivity index (χ3n) is 5.81. The van der Waals surface area contributed by atoms with E-state index < -0.39 is 10.0 Å². The van der Waals surface area contributed by atoms with E-state index in [0.29, 0.717) is 37.5 Å². The van der Waals surface area contributed by atoms with Crippen molar-refractivity contribution in [2.75, 3.05) is 20.1 Å². The molecule has 7 nitrogen and oxygen atoms in total. The van der Waals surface area contributed by atoms with Crippen LogP contribution in [0.4, 0.5) is 0 Å². The number of benzene rings is 1. The SMILES string of the molecule is CNS(=O)(=O)c1cc(C(=O)N2CCC(C(=O)c3ccc(CC(C)C)cc3)CC2)n(C)c1. The molecule has 0 bridgehead atoms. The molecule has 0 unspecified atom stereocenters. The number of rotatable bonds is 7. The van der Waals surface area contributed by atoms with E-state index in [2.05, 4.69) is 18.6 Å². The summed E-state index contributed by atoms with van der Waals surface area (Å²) in [7, 11) is -0.620. The van der Waals surface area contributed by atoms with Gasteiger partial charge in [0.1, 0.15) is 10.6 Å². The second kappa shape index (κ2) is 9.36. The summed E-state index contributed by atoms with van der Waals surface area (Å²) in [6.45, 7) is 5.29. The van der Waals surface area contributed by atoms with Crippen molar-refractivity contribution in [3.63, 3.8) is 0 Å². The van der Waals surface area contributed by atoms with Gasteiger partial charge in [-0.05, 0) is 43.9 Å². The van der Waals surface area contributed by atoms with Crippen LogP contribution in [-0.4, -0.2) is 49.7 Å². The van der Waals surface area contributed by atoms with Gasteiger partial charge in [0, 0.05) is 37.8 Å². The number of amides is 1. The number of sulfonamides is 1. The first-order valence-electron chi connectivity index (χ1n) is 10.6. The average molecular weight is 446 g/mol. The number of aromatic nitrogens is 1. The molecule has 3 rings (SSSR count). The van der Waals surface area contributed by atoms with Gasteiger partial charge < -0.3 is 9.47 Å². The third kappa shape index (κ3) is 5.25. The largest absolute Gasteiger partial charge is 0.345 e. The first-order valence-corrected chi connectivity index (χ1v) is 12.1. The number of carbonyl (C=O) groups is 2. The number of hydrogen-bond donors (Lipinski definition) is 1. The Morgan fingerprint density at radius 2 is 1.74 bits per heavy atom.